The van der Waals surface area contributed by atoms with Gasteiger partial charge >= 0.3 is 11.9 Å². The van der Waals surface area contributed by atoms with Crippen LogP contribution in [0.2, 0.25) is 0 Å². The molecular formula is C38H36N4O4. The summed E-state index contributed by atoms with van der Waals surface area (Å²) in [7, 11) is 2.76. The molecule has 0 radical (unpaired) electrons. The first-order valence-electron chi connectivity index (χ1n) is 15.3. The van der Waals surface area contributed by atoms with E-state index in [-0.39, 0.29) is 0 Å². The Balaban J connectivity index is 1.84. The Hall–Kier alpha value is -5.63. The zero-order chi connectivity index (χ0) is 32.3. The van der Waals surface area contributed by atoms with Gasteiger partial charge in [0, 0.05) is 22.6 Å². The summed E-state index contributed by atoms with van der Waals surface area (Å²) >= 11 is 0. The van der Waals surface area contributed by atoms with Crippen molar-refractivity contribution in [2.45, 2.75) is 25.9 Å². The number of nitrogens with zero attached hydrogens (tertiary/aromatic N) is 4. The Morgan fingerprint density at radius 1 is 0.761 bits per heavy atom. The number of hydrogen-bond donors (Lipinski definition) is 0. The van der Waals surface area contributed by atoms with Crippen molar-refractivity contribution in [3.8, 4) is 0 Å². The molecule has 2 heterocycles. The van der Waals surface area contributed by atoms with Crippen LogP contribution < -0.4 is 14.8 Å². The quantitative estimate of drug-likeness (QED) is 0.163. The molecule has 2 aliphatic heterocycles. The molecule has 0 unspecified atom stereocenters. The van der Waals surface area contributed by atoms with Crippen LogP contribution in [0.4, 0.5) is 17.1 Å². The van der Waals surface area contributed by atoms with Crippen LogP contribution in [0.3, 0.4) is 0 Å². The Labute approximate surface area is 269 Å². The fraction of sp³-hybridized carbons (Fsp3) is 0.184. The highest BCUT2D eigenvalue weighted by Crippen LogP contribution is 2.58. The summed E-state index contributed by atoms with van der Waals surface area (Å²) in [5.41, 5.74) is 3.18. The van der Waals surface area contributed by atoms with E-state index >= 15 is 0 Å². The van der Waals surface area contributed by atoms with Crippen molar-refractivity contribution in [2.75, 3.05) is 29.0 Å². The third-order valence-electron chi connectivity index (χ3n) is 8.36. The largest absolute Gasteiger partial charge is 0.468 e. The average Bonchev–Trinajstić information content (AvgIpc) is 3.61. The molecule has 4 aromatic carbocycles. The van der Waals surface area contributed by atoms with Crippen molar-refractivity contribution < 1.29 is 19.1 Å². The van der Waals surface area contributed by atoms with Gasteiger partial charge in [0.25, 0.3) is 0 Å². The maximum Gasteiger partial charge on any atom is 0.335 e. The monoisotopic (exact) mass is 612 g/mol. The fourth-order valence-electron chi connectivity index (χ4n) is 6.56. The van der Waals surface area contributed by atoms with E-state index in [4.69, 9.17) is 14.6 Å². The van der Waals surface area contributed by atoms with Crippen molar-refractivity contribution >= 4 is 34.8 Å². The second-order valence-corrected chi connectivity index (χ2v) is 11.0. The molecule has 232 valence electrons. The maximum absolute atomic E-state index is 14.5. The summed E-state index contributed by atoms with van der Waals surface area (Å²) < 4.78 is 11.0. The predicted molar refractivity (Wildman–Crippen MR) is 181 cm³/mol. The van der Waals surface area contributed by atoms with Crippen LogP contribution >= 0.6 is 0 Å². The molecule has 0 aromatic heterocycles. The predicted octanol–water partition coefficient (Wildman–Crippen LogP) is 7.12. The van der Waals surface area contributed by atoms with Crippen LogP contribution in [0.1, 0.15) is 25.8 Å². The van der Waals surface area contributed by atoms with Crippen LogP contribution in [0.15, 0.2) is 149 Å². The zero-order valence-electron chi connectivity index (χ0n) is 26.3. The average molecular weight is 613 g/mol. The lowest BCUT2D eigenvalue weighted by Crippen LogP contribution is -2.63. The minimum Gasteiger partial charge on any atom is -0.468 e. The highest BCUT2D eigenvalue weighted by atomic mass is 16.5. The molecule has 1 saturated heterocycles. The van der Waals surface area contributed by atoms with Gasteiger partial charge in [-0.25, -0.2) is 9.80 Å². The molecule has 8 nitrogen and oxygen atoms in total. The first-order chi connectivity index (χ1) is 22.5. The lowest BCUT2D eigenvalue weighted by molar-refractivity contribution is -0.145. The Kier molecular flexibility index (Phi) is 8.44. The smallest absolute Gasteiger partial charge is 0.335 e. The molecular weight excluding hydrogens is 576 g/mol. The highest BCUT2D eigenvalue weighted by Gasteiger charge is 2.69. The lowest BCUT2D eigenvalue weighted by atomic mass is 9.85. The topological polar surface area (TPSA) is 74.7 Å². The molecule has 8 heteroatoms. The van der Waals surface area contributed by atoms with Crippen LogP contribution in [0, 0.1) is 5.92 Å². The second-order valence-electron chi connectivity index (χ2n) is 11.0. The Morgan fingerprint density at radius 2 is 1.28 bits per heavy atom. The summed E-state index contributed by atoms with van der Waals surface area (Å²) in [6, 6.07) is 39.1. The van der Waals surface area contributed by atoms with Crippen molar-refractivity contribution in [2.24, 2.45) is 11.0 Å². The number of amidine groups is 1. The molecule has 0 amide bonds. The number of allylic oxidation sites excluding steroid dienone is 1. The number of benzene rings is 4. The molecule has 0 saturated carbocycles. The SMILES string of the molecule is CC/C=C1\[C@@H](C(=O)OC)[C@@]2(/C(=C(/C)C(=O)OC)N1c1ccccc1)N(c1ccccc1)N=C(c1ccccc1)N2c1ccccc1. The number of anilines is 3. The number of para-hydroxylation sites is 3. The summed E-state index contributed by atoms with van der Waals surface area (Å²) in [6.45, 7) is 3.77. The van der Waals surface area contributed by atoms with Crippen molar-refractivity contribution in [3.63, 3.8) is 0 Å². The molecule has 6 rings (SSSR count). The van der Waals surface area contributed by atoms with Crippen LogP contribution in [-0.2, 0) is 19.1 Å². The van der Waals surface area contributed by atoms with Crippen LogP contribution in [0.25, 0.3) is 0 Å². The normalized spacial score (nSPS) is 21.0. The third-order valence-corrected chi connectivity index (χ3v) is 8.36. The third kappa shape index (κ3) is 4.83. The molecule has 0 aliphatic carbocycles. The molecule has 0 bridgehead atoms. The summed E-state index contributed by atoms with van der Waals surface area (Å²) in [4.78, 5) is 32.3. The van der Waals surface area contributed by atoms with Crippen molar-refractivity contribution in [3.05, 3.63) is 150 Å². The van der Waals surface area contributed by atoms with Gasteiger partial charge in [0.2, 0.25) is 5.66 Å². The molecule has 4 aromatic rings. The second kappa shape index (κ2) is 12.8. The number of ether oxygens (including phenoxy) is 2. The number of rotatable bonds is 7. The van der Waals surface area contributed by atoms with Gasteiger partial charge in [0.15, 0.2) is 5.84 Å². The maximum atomic E-state index is 14.5. The van der Waals surface area contributed by atoms with Crippen molar-refractivity contribution in [1.29, 1.82) is 0 Å². The van der Waals surface area contributed by atoms with Gasteiger partial charge in [-0.1, -0.05) is 97.9 Å². The van der Waals surface area contributed by atoms with Gasteiger partial charge in [-0.15, -0.1) is 0 Å². The minimum absolute atomic E-state index is 0.325. The molecule has 1 spiro atoms. The first-order valence-corrected chi connectivity index (χ1v) is 15.3. The van der Waals surface area contributed by atoms with Gasteiger partial charge in [0.05, 0.1) is 31.2 Å². The minimum atomic E-state index is -1.46. The van der Waals surface area contributed by atoms with E-state index < -0.39 is 23.5 Å². The van der Waals surface area contributed by atoms with Gasteiger partial charge in [-0.2, -0.15) is 5.10 Å². The van der Waals surface area contributed by atoms with Gasteiger partial charge in [-0.05, 0) is 49.7 Å². The summed E-state index contributed by atoms with van der Waals surface area (Å²) in [6.07, 6.45) is 2.65. The van der Waals surface area contributed by atoms with Gasteiger partial charge in [-0.3, -0.25) is 9.69 Å². The Bertz CT molecular complexity index is 1810. The first kappa shape index (κ1) is 30.4. The van der Waals surface area contributed by atoms with E-state index in [1.165, 1.54) is 14.2 Å². The van der Waals surface area contributed by atoms with E-state index in [1.54, 1.807) is 6.92 Å². The van der Waals surface area contributed by atoms with E-state index in [0.29, 0.717) is 29.2 Å². The lowest BCUT2D eigenvalue weighted by Gasteiger charge is -2.45. The molecule has 1 fully saturated rings. The Morgan fingerprint density at radius 3 is 1.80 bits per heavy atom. The fourth-order valence-corrected chi connectivity index (χ4v) is 6.56. The van der Waals surface area contributed by atoms with E-state index in [1.807, 2.05) is 144 Å². The summed E-state index contributed by atoms with van der Waals surface area (Å²) in [5.74, 6) is -1.37. The zero-order valence-corrected chi connectivity index (χ0v) is 26.3. The number of esters is 2. The van der Waals surface area contributed by atoms with E-state index in [2.05, 4.69) is 4.90 Å². The number of hydrazone groups is 1. The van der Waals surface area contributed by atoms with Crippen LogP contribution in [0.5, 0.6) is 0 Å². The number of carbonyl (C=O) groups is 2. The standard InChI is InChI=1S/C38H36N4O4/c1-5-18-32-33(37(44)46-4)38(34(27(2)36(43)45-3)40(32)29-21-12-7-13-22-29)41(30-23-14-8-15-24-30)35(28-19-10-6-11-20-28)39-42(38)31-25-16-9-17-26-31/h6-26,33H,5H2,1-4H3/b32-18+,34-27+/t33-,38-/m0/s1. The van der Waals surface area contributed by atoms with Crippen LogP contribution in [-0.4, -0.2) is 37.7 Å². The number of hydrogen-bond acceptors (Lipinski definition) is 8. The van der Waals surface area contributed by atoms with Gasteiger partial charge in [0.1, 0.15) is 5.92 Å². The van der Waals surface area contributed by atoms with E-state index in [0.717, 1.165) is 22.6 Å². The molecule has 46 heavy (non-hydrogen) atoms. The molecule has 2 atom stereocenters. The molecule has 0 N–H and O–H groups in total. The number of methoxy groups -OCH3 is 2. The van der Waals surface area contributed by atoms with Crippen molar-refractivity contribution in [1.82, 2.24) is 0 Å². The number of carbonyl (C=O) groups excluding carboxylic acids is 2. The summed E-state index contributed by atoms with van der Waals surface area (Å²) in [5, 5.41) is 7.23. The van der Waals surface area contributed by atoms with E-state index in [9.17, 15) is 9.59 Å². The van der Waals surface area contributed by atoms with Gasteiger partial charge < -0.3 is 14.4 Å². The highest BCUT2D eigenvalue weighted by molar-refractivity contribution is 6.16. The molecule has 2 aliphatic rings.